The van der Waals surface area contributed by atoms with E-state index in [9.17, 15) is 9.90 Å². The summed E-state index contributed by atoms with van der Waals surface area (Å²) in [5.41, 5.74) is 0.965. The number of anilines is 1. The molecule has 1 atom stereocenters. The van der Waals surface area contributed by atoms with Crippen LogP contribution in [0.4, 0.5) is 10.6 Å². The lowest BCUT2D eigenvalue weighted by atomic mass is 10.0. The largest absolute Gasteiger partial charge is 0.394 e. The molecule has 1 saturated heterocycles. The summed E-state index contributed by atoms with van der Waals surface area (Å²) in [5, 5.41) is 14.9. The molecule has 0 radical (unpaired) electrons. The number of hydrogen-bond acceptors (Lipinski definition) is 4. The van der Waals surface area contributed by atoms with Gasteiger partial charge in [0.05, 0.1) is 12.6 Å². The van der Waals surface area contributed by atoms with E-state index in [1.54, 1.807) is 0 Å². The monoisotopic (exact) mass is 320 g/mol. The van der Waals surface area contributed by atoms with E-state index in [0.29, 0.717) is 12.5 Å². The zero-order chi connectivity index (χ0) is 16.7. The molecule has 6 heteroatoms. The number of nitrogens with one attached hydrogen (secondary N) is 2. The maximum Gasteiger partial charge on any atom is 0.315 e. The molecule has 1 aliphatic rings. The summed E-state index contributed by atoms with van der Waals surface area (Å²) < 4.78 is 0. The highest BCUT2D eigenvalue weighted by Crippen LogP contribution is 2.17. The van der Waals surface area contributed by atoms with Crippen LogP contribution in [-0.2, 0) is 6.54 Å². The first-order valence-corrected chi connectivity index (χ1v) is 8.43. The average Bonchev–Trinajstić information content (AvgIpc) is 3.06. The summed E-state index contributed by atoms with van der Waals surface area (Å²) in [6, 6.07) is 3.55. The molecule has 0 aliphatic carbocycles. The third-order valence-corrected chi connectivity index (χ3v) is 4.00. The van der Waals surface area contributed by atoms with Gasteiger partial charge in [-0.2, -0.15) is 0 Å². The number of aliphatic hydroxyl groups is 1. The number of carbonyl (C=O) groups excluding carboxylic acids is 1. The van der Waals surface area contributed by atoms with Gasteiger partial charge in [0, 0.05) is 25.8 Å². The Balaban J connectivity index is 1.77. The second kappa shape index (κ2) is 8.72. The topological polar surface area (TPSA) is 77.5 Å². The van der Waals surface area contributed by atoms with Crippen LogP contribution in [0.2, 0.25) is 0 Å². The first-order valence-electron chi connectivity index (χ1n) is 8.43. The lowest BCUT2D eigenvalue weighted by Crippen LogP contribution is -2.44. The van der Waals surface area contributed by atoms with E-state index in [1.807, 2.05) is 18.3 Å². The summed E-state index contributed by atoms with van der Waals surface area (Å²) in [7, 11) is 0. The van der Waals surface area contributed by atoms with Gasteiger partial charge in [-0.15, -0.1) is 0 Å². The van der Waals surface area contributed by atoms with E-state index < -0.39 is 0 Å². The van der Waals surface area contributed by atoms with Gasteiger partial charge in [-0.05, 0) is 36.8 Å². The second-order valence-electron chi connectivity index (χ2n) is 6.55. The first-order chi connectivity index (χ1) is 11.1. The van der Waals surface area contributed by atoms with Crippen LogP contribution in [0.3, 0.4) is 0 Å². The highest BCUT2D eigenvalue weighted by atomic mass is 16.3. The molecule has 0 saturated carbocycles. The SMILES string of the molecule is CC(C)CC(CO)NC(=O)NCc1ccc(N2CCCC2)nc1. The van der Waals surface area contributed by atoms with Crippen LogP contribution in [0.5, 0.6) is 0 Å². The fourth-order valence-electron chi connectivity index (χ4n) is 2.82. The molecule has 0 spiro atoms. The van der Waals surface area contributed by atoms with Crippen LogP contribution in [0.1, 0.15) is 38.7 Å². The van der Waals surface area contributed by atoms with Crippen molar-refractivity contribution in [2.24, 2.45) is 5.92 Å². The van der Waals surface area contributed by atoms with Crippen LogP contribution >= 0.6 is 0 Å². The Hall–Kier alpha value is -1.82. The number of aliphatic hydroxyl groups excluding tert-OH is 1. The van der Waals surface area contributed by atoms with E-state index in [0.717, 1.165) is 30.9 Å². The zero-order valence-corrected chi connectivity index (χ0v) is 14.1. The fourth-order valence-corrected chi connectivity index (χ4v) is 2.82. The molecule has 2 amide bonds. The number of nitrogens with zero attached hydrogens (tertiary/aromatic N) is 2. The molecular weight excluding hydrogens is 292 g/mol. The molecule has 0 bridgehead atoms. The Morgan fingerprint density at radius 3 is 2.65 bits per heavy atom. The second-order valence-corrected chi connectivity index (χ2v) is 6.55. The van der Waals surface area contributed by atoms with Gasteiger partial charge in [0.2, 0.25) is 0 Å². The average molecular weight is 320 g/mol. The van der Waals surface area contributed by atoms with Crippen LogP contribution in [0, 0.1) is 5.92 Å². The summed E-state index contributed by atoms with van der Waals surface area (Å²) in [4.78, 5) is 18.6. The summed E-state index contributed by atoms with van der Waals surface area (Å²) in [6.07, 6.45) is 5.03. The van der Waals surface area contributed by atoms with Crippen LogP contribution in [0.15, 0.2) is 18.3 Å². The van der Waals surface area contributed by atoms with E-state index >= 15 is 0 Å². The van der Waals surface area contributed by atoms with Crippen molar-refractivity contribution in [3.8, 4) is 0 Å². The molecular formula is C17H28N4O2. The van der Waals surface area contributed by atoms with Crippen molar-refractivity contribution in [1.29, 1.82) is 0 Å². The minimum absolute atomic E-state index is 0.0440. The Morgan fingerprint density at radius 2 is 2.09 bits per heavy atom. The minimum Gasteiger partial charge on any atom is -0.394 e. The third-order valence-electron chi connectivity index (χ3n) is 4.00. The molecule has 1 aromatic heterocycles. The van der Waals surface area contributed by atoms with Crippen molar-refractivity contribution in [3.05, 3.63) is 23.9 Å². The molecule has 1 unspecified atom stereocenters. The maximum absolute atomic E-state index is 11.9. The van der Waals surface area contributed by atoms with Crippen LogP contribution < -0.4 is 15.5 Å². The predicted octanol–water partition coefficient (Wildman–Crippen LogP) is 1.89. The predicted molar refractivity (Wildman–Crippen MR) is 91.4 cm³/mol. The number of amides is 2. The Bertz CT molecular complexity index is 484. The van der Waals surface area contributed by atoms with Gasteiger partial charge < -0.3 is 20.6 Å². The molecule has 2 heterocycles. The van der Waals surface area contributed by atoms with Gasteiger partial charge in [0.1, 0.15) is 5.82 Å². The van der Waals surface area contributed by atoms with Gasteiger partial charge >= 0.3 is 6.03 Å². The van der Waals surface area contributed by atoms with Crippen molar-refractivity contribution < 1.29 is 9.90 Å². The van der Waals surface area contributed by atoms with E-state index in [4.69, 9.17) is 0 Å². The molecule has 6 nitrogen and oxygen atoms in total. The summed E-state index contributed by atoms with van der Waals surface area (Å²) in [6.45, 7) is 6.67. The molecule has 2 rings (SSSR count). The van der Waals surface area contributed by atoms with E-state index in [-0.39, 0.29) is 18.7 Å². The van der Waals surface area contributed by atoms with Gasteiger partial charge in [0.25, 0.3) is 0 Å². The Labute approximate surface area is 138 Å². The minimum atomic E-state index is -0.256. The zero-order valence-electron chi connectivity index (χ0n) is 14.1. The lowest BCUT2D eigenvalue weighted by molar-refractivity contribution is 0.206. The van der Waals surface area contributed by atoms with Crippen molar-refractivity contribution in [1.82, 2.24) is 15.6 Å². The molecule has 1 aliphatic heterocycles. The number of aromatic nitrogens is 1. The smallest absolute Gasteiger partial charge is 0.315 e. The molecule has 0 aromatic carbocycles. The lowest BCUT2D eigenvalue weighted by Gasteiger charge is -2.19. The summed E-state index contributed by atoms with van der Waals surface area (Å²) >= 11 is 0. The van der Waals surface area contributed by atoms with Gasteiger partial charge in [-0.25, -0.2) is 9.78 Å². The standard InChI is InChI=1S/C17H28N4O2/c1-13(2)9-15(12-22)20-17(23)19-11-14-5-6-16(18-10-14)21-7-3-4-8-21/h5-6,10,13,15,22H,3-4,7-9,11-12H2,1-2H3,(H2,19,20,23). The number of hydrogen-bond donors (Lipinski definition) is 3. The van der Waals surface area contributed by atoms with Crippen LogP contribution in [-0.4, -0.2) is 41.9 Å². The van der Waals surface area contributed by atoms with Crippen molar-refractivity contribution in [2.45, 2.75) is 45.7 Å². The molecule has 3 N–H and O–H groups in total. The highest BCUT2D eigenvalue weighted by molar-refractivity contribution is 5.74. The Morgan fingerprint density at radius 1 is 1.35 bits per heavy atom. The normalized spacial score (nSPS) is 15.7. The highest BCUT2D eigenvalue weighted by Gasteiger charge is 2.14. The fraction of sp³-hybridized carbons (Fsp3) is 0.647. The van der Waals surface area contributed by atoms with Crippen molar-refractivity contribution in [2.75, 3.05) is 24.6 Å². The Kier molecular flexibility index (Phi) is 6.65. The number of rotatable bonds is 7. The number of pyridine rings is 1. The van der Waals surface area contributed by atoms with Crippen molar-refractivity contribution in [3.63, 3.8) is 0 Å². The van der Waals surface area contributed by atoms with E-state index in [1.165, 1.54) is 12.8 Å². The molecule has 1 fully saturated rings. The number of carbonyl (C=O) groups is 1. The van der Waals surface area contributed by atoms with Gasteiger partial charge in [-0.1, -0.05) is 19.9 Å². The van der Waals surface area contributed by atoms with Crippen LogP contribution in [0.25, 0.3) is 0 Å². The molecule has 1 aromatic rings. The van der Waals surface area contributed by atoms with Crippen molar-refractivity contribution >= 4 is 11.8 Å². The maximum atomic E-state index is 11.9. The van der Waals surface area contributed by atoms with Gasteiger partial charge in [-0.3, -0.25) is 0 Å². The molecule has 128 valence electrons. The number of urea groups is 1. The van der Waals surface area contributed by atoms with E-state index in [2.05, 4.69) is 34.4 Å². The third kappa shape index (κ3) is 5.71. The summed E-state index contributed by atoms with van der Waals surface area (Å²) in [5.74, 6) is 1.43. The first kappa shape index (κ1) is 17.5. The quantitative estimate of drug-likeness (QED) is 0.717. The molecule has 23 heavy (non-hydrogen) atoms. The van der Waals surface area contributed by atoms with Gasteiger partial charge in [0.15, 0.2) is 0 Å².